The van der Waals surface area contributed by atoms with E-state index < -0.39 is 11.7 Å². The normalized spacial score (nSPS) is 16.5. The summed E-state index contributed by atoms with van der Waals surface area (Å²) in [6.07, 6.45) is 2.90. The number of hydrogen-bond donors (Lipinski definition) is 2. The van der Waals surface area contributed by atoms with Crippen LogP contribution in [0.2, 0.25) is 0 Å². The Labute approximate surface area is 192 Å². The van der Waals surface area contributed by atoms with Gasteiger partial charge in [-0.2, -0.15) is 0 Å². The fourth-order valence-corrected chi connectivity index (χ4v) is 3.18. The molecule has 1 saturated heterocycles. The molecule has 1 aliphatic heterocycles. The van der Waals surface area contributed by atoms with Crippen LogP contribution in [0, 0.1) is 5.92 Å². The molecule has 9 heteroatoms. The van der Waals surface area contributed by atoms with Gasteiger partial charge < -0.3 is 25.0 Å². The molecule has 2 N–H and O–H groups in total. The number of guanidine groups is 1. The van der Waals surface area contributed by atoms with Crippen molar-refractivity contribution < 1.29 is 19.1 Å². The topological polar surface area (TPSA) is 92.3 Å². The molecule has 0 aromatic rings. The van der Waals surface area contributed by atoms with Gasteiger partial charge in [0.2, 0.25) is 0 Å². The van der Waals surface area contributed by atoms with Crippen molar-refractivity contribution in [3.8, 4) is 0 Å². The Kier molecular flexibility index (Phi) is 13.3. The lowest BCUT2D eigenvalue weighted by Gasteiger charge is -2.34. The van der Waals surface area contributed by atoms with E-state index in [-0.39, 0.29) is 41.9 Å². The Morgan fingerprint density at radius 1 is 1.21 bits per heavy atom. The summed E-state index contributed by atoms with van der Waals surface area (Å²) >= 11 is 0. The van der Waals surface area contributed by atoms with Crippen LogP contribution < -0.4 is 10.6 Å². The maximum absolute atomic E-state index is 12.1. The molecule has 0 spiro atoms. The van der Waals surface area contributed by atoms with Crippen molar-refractivity contribution in [3.05, 3.63) is 0 Å². The largest absolute Gasteiger partial charge is 0.466 e. The number of hydrogen-bond acceptors (Lipinski definition) is 5. The molecule has 0 saturated carbocycles. The predicted octanol–water partition coefficient (Wildman–Crippen LogP) is 3.15. The smallest absolute Gasteiger partial charge is 0.407 e. The molecule has 1 aliphatic rings. The summed E-state index contributed by atoms with van der Waals surface area (Å²) < 4.78 is 10.5. The molecule has 1 rings (SSSR count). The lowest BCUT2D eigenvalue weighted by atomic mass is 9.97. The highest BCUT2D eigenvalue weighted by Gasteiger charge is 2.27. The molecule has 0 bridgehead atoms. The average molecular weight is 526 g/mol. The number of likely N-dealkylation sites (tertiary alicyclic amines) is 1. The first-order valence-electron chi connectivity index (χ1n) is 10.3. The second-order valence-corrected chi connectivity index (χ2v) is 8.07. The van der Waals surface area contributed by atoms with Gasteiger partial charge >= 0.3 is 12.1 Å². The Balaban J connectivity index is 0.00000784. The van der Waals surface area contributed by atoms with Crippen LogP contribution in [0.3, 0.4) is 0 Å². The number of aliphatic imine (C=N–C) groups is 1. The molecule has 8 nitrogen and oxygen atoms in total. The number of piperidine rings is 1. The van der Waals surface area contributed by atoms with Crippen molar-refractivity contribution in [1.29, 1.82) is 0 Å². The van der Waals surface area contributed by atoms with Gasteiger partial charge in [0.15, 0.2) is 5.96 Å². The third-order valence-electron chi connectivity index (χ3n) is 4.49. The van der Waals surface area contributed by atoms with Crippen molar-refractivity contribution in [3.63, 3.8) is 0 Å². The molecule has 0 aromatic heterocycles. The lowest BCUT2D eigenvalue weighted by Crippen LogP contribution is -2.51. The average Bonchev–Trinajstić information content (AvgIpc) is 2.61. The summed E-state index contributed by atoms with van der Waals surface area (Å²) in [4.78, 5) is 30.5. The van der Waals surface area contributed by atoms with Gasteiger partial charge in [0.05, 0.1) is 12.5 Å². The van der Waals surface area contributed by atoms with Gasteiger partial charge in [0, 0.05) is 32.7 Å². The number of rotatable bonds is 7. The van der Waals surface area contributed by atoms with Crippen LogP contribution >= 0.6 is 24.0 Å². The number of ether oxygens (including phenoxy) is 2. The highest BCUT2D eigenvalue weighted by molar-refractivity contribution is 14.0. The minimum Gasteiger partial charge on any atom is -0.466 e. The van der Waals surface area contributed by atoms with Crippen molar-refractivity contribution >= 4 is 42.0 Å². The number of halogens is 1. The summed E-state index contributed by atoms with van der Waals surface area (Å²) in [5.41, 5.74) is -0.520. The zero-order valence-electron chi connectivity index (χ0n) is 18.7. The molecule has 0 aliphatic carbocycles. The molecular weight excluding hydrogens is 487 g/mol. The standard InChI is InChI=1S/C20H38N4O4.HI/c1-7-9-16(23-19(26)28-20(3,4)5)14-22-18(21-6)24-12-10-15(11-13-24)17(25)27-8-2;/h15-16H,7-14H2,1-6H3,(H,21,22)(H,23,26);1H. The third kappa shape index (κ3) is 10.9. The number of esters is 1. The van der Waals surface area contributed by atoms with Crippen molar-refractivity contribution in [2.75, 3.05) is 33.3 Å². The van der Waals surface area contributed by atoms with E-state index in [0.29, 0.717) is 13.2 Å². The number of alkyl carbamates (subject to hydrolysis) is 1. The number of carbonyl (C=O) groups is 2. The maximum atomic E-state index is 12.1. The van der Waals surface area contributed by atoms with Crippen molar-refractivity contribution in [1.82, 2.24) is 15.5 Å². The van der Waals surface area contributed by atoms with Crippen LogP contribution in [-0.4, -0.2) is 67.9 Å². The Morgan fingerprint density at radius 3 is 2.31 bits per heavy atom. The molecule has 1 heterocycles. The van der Waals surface area contributed by atoms with Crippen LogP contribution in [0.4, 0.5) is 4.79 Å². The molecule has 0 radical (unpaired) electrons. The Bertz CT molecular complexity index is 529. The van der Waals surface area contributed by atoms with Crippen LogP contribution in [0.1, 0.15) is 60.3 Å². The van der Waals surface area contributed by atoms with Crippen molar-refractivity contribution in [2.45, 2.75) is 71.9 Å². The van der Waals surface area contributed by atoms with Gasteiger partial charge in [-0.05, 0) is 47.0 Å². The van der Waals surface area contributed by atoms with E-state index in [1.165, 1.54) is 0 Å². The first-order chi connectivity index (χ1) is 13.2. The van der Waals surface area contributed by atoms with E-state index in [0.717, 1.165) is 44.7 Å². The zero-order valence-corrected chi connectivity index (χ0v) is 21.1. The number of nitrogens with one attached hydrogen (secondary N) is 2. The van der Waals surface area contributed by atoms with Crippen LogP contribution in [0.15, 0.2) is 4.99 Å². The van der Waals surface area contributed by atoms with Gasteiger partial charge in [-0.15, -0.1) is 24.0 Å². The maximum Gasteiger partial charge on any atom is 0.407 e. The molecule has 1 atom stereocenters. The van der Waals surface area contributed by atoms with E-state index >= 15 is 0 Å². The minimum atomic E-state index is -0.520. The monoisotopic (exact) mass is 526 g/mol. The zero-order chi connectivity index (χ0) is 21.2. The lowest BCUT2D eigenvalue weighted by molar-refractivity contribution is -0.149. The van der Waals surface area contributed by atoms with Crippen LogP contribution in [0.25, 0.3) is 0 Å². The number of nitrogens with zero attached hydrogens (tertiary/aromatic N) is 2. The second-order valence-electron chi connectivity index (χ2n) is 8.07. The van der Waals surface area contributed by atoms with Crippen molar-refractivity contribution in [2.24, 2.45) is 10.9 Å². The fourth-order valence-electron chi connectivity index (χ4n) is 3.18. The molecule has 29 heavy (non-hydrogen) atoms. The highest BCUT2D eigenvalue weighted by atomic mass is 127. The summed E-state index contributed by atoms with van der Waals surface area (Å²) in [6, 6.07) is -0.0475. The van der Waals surface area contributed by atoms with E-state index in [4.69, 9.17) is 9.47 Å². The van der Waals surface area contributed by atoms with Gasteiger partial charge in [0.25, 0.3) is 0 Å². The molecule has 1 unspecified atom stereocenters. The fraction of sp³-hybridized carbons (Fsp3) is 0.850. The quantitative estimate of drug-likeness (QED) is 0.229. The van der Waals surface area contributed by atoms with E-state index in [1.807, 2.05) is 27.7 Å². The third-order valence-corrected chi connectivity index (χ3v) is 4.49. The van der Waals surface area contributed by atoms with Gasteiger partial charge in [-0.1, -0.05) is 13.3 Å². The molecule has 170 valence electrons. The number of amides is 1. The summed E-state index contributed by atoms with van der Waals surface area (Å²) in [5.74, 6) is 0.653. The predicted molar refractivity (Wildman–Crippen MR) is 126 cm³/mol. The Hall–Kier alpha value is -1.26. The van der Waals surface area contributed by atoms with E-state index in [9.17, 15) is 9.59 Å². The summed E-state index contributed by atoms with van der Waals surface area (Å²) in [5, 5.41) is 6.29. The summed E-state index contributed by atoms with van der Waals surface area (Å²) in [7, 11) is 1.75. The molecule has 1 fully saturated rings. The van der Waals surface area contributed by atoms with Gasteiger partial charge in [0.1, 0.15) is 5.60 Å². The van der Waals surface area contributed by atoms with Crippen LogP contribution in [0.5, 0.6) is 0 Å². The SMILES string of the molecule is CCCC(CNC(=NC)N1CCC(C(=O)OCC)CC1)NC(=O)OC(C)(C)C.I. The first-order valence-corrected chi connectivity index (χ1v) is 10.3. The van der Waals surface area contributed by atoms with Gasteiger partial charge in [-0.3, -0.25) is 9.79 Å². The molecular formula is C20H39IN4O4. The Morgan fingerprint density at radius 2 is 1.83 bits per heavy atom. The molecule has 1 amide bonds. The minimum absolute atomic E-state index is 0. The second kappa shape index (κ2) is 13.9. The van der Waals surface area contributed by atoms with E-state index in [2.05, 4.69) is 27.4 Å². The summed E-state index contributed by atoms with van der Waals surface area (Å²) in [6.45, 7) is 11.9. The van der Waals surface area contributed by atoms with Gasteiger partial charge in [-0.25, -0.2) is 4.79 Å². The van der Waals surface area contributed by atoms with Crippen LogP contribution in [-0.2, 0) is 14.3 Å². The first kappa shape index (κ1) is 27.7. The van der Waals surface area contributed by atoms with E-state index in [1.54, 1.807) is 7.05 Å². The molecule has 0 aromatic carbocycles. The highest BCUT2D eigenvalue weighted by Crippen LogP contribution is 2.18. The number of carbonyl (C=O) groups excluding carboxylic acids is 2.